The largest absolute Gasteiger partial charge is 0.417 e. The summed E-state index contributed by atoms with van der Waals surface area (Å²) < 4.78 is 39.3. The van der Waals surface area contributed by atoms with Crippen molar-refractivity contribution in [2.45, 2.75) is 44.0 Å². The zero-order chi connectivity index (χ0) is 16.2. The van der Waals surface area contributed by atoms with Crippen LogP contribution in [-0.2, 0) is 4.79 Å². The van der Waals surface area contributed by atoms with Crippen LogP contribution in [0.15, 0.2) is 36.4 Å². The van der Waals surface area contributed by atoms with E-state index in [0.29, 0.717) is 31.8 Å². The summed E-state index contributed by atoms with van der Waals surface area (Å²) in [4.78, 5) is 11.9. The first-order valence-electron chi connectivity index (χ1n) is 7.19. The third-order valence-electron chi connectivity index (χ3n) is 3.71. The molecule has 0 spiro atoms. The van der Waals surface area contributed by atoms with E-state index in [1.54, 1.807) is 6.07 Å². The molecule has 0 heterocycles. The van der Waals surface area contributed by atoms with Gasteiger partial charge < -0.3 is 10.4 Å². The van der Waals surface area contributed by atoms with Crippen molar-refractivity contribution in [3.05, 3.63) is 42.0 Å². The molecule has 1 amide bonds. The molecule has 0 saturated heterocycles. The molecule has 1 fully saturated rings. The SMILES string of the molecule is O=C(C=C(c1ccccc1)C(F)(F)F)NC1CCC(O)CC1. The Morgan fingerprint density at radius 3 is 2.27 bits per heavy atom. The first kappa shape index (κ1) is 16.5. The number of amides is 1. The van der Waals surface area contributed by atoms with Crippen molar-refractivity contribution in [3.63, 3.8) is 0 Å². The number of carbonyl (C=O) groups is 1. The van der Waals surface area contributed by atoms with Gasteiger partial charge in [0.25, 0.3) is 0 Å². The molecule has 2 rings (SSSR count). The maximum absolute atomic E-state index is 13.1. The van der Waals surface area contributed by atoms with Crippen LogP contribution in [0.4, 0.5) is 13.2 Å². The lowest BCUT2D eigenvalue weighted by atomic mass is 9.93. The number of aliphatic hydroxyl groups is 1. The van der Waals surface area contributed by atoms with E-state index in [9.17, 15) is 23.1 Å². The Morgan fingerprint density at radius 2 is 1.73 bits per heavy atom. The highest BCUT2D eigenvalue weighted by molar-refractivity contribution is 5.96. The zero-order valence-electron chi connectivity index (χ0n) is 11.9. The van der Waals surface area contributed by atoms with Crippen molar-refractivity contribution in [2.75, 3.05) is 0 Å². The van der Waals surface area contributed by atoms with Gasteiger partial charge in [0.2, 0.25) is 5.91 Å². The third kappa shape index (κ3) is 4.59. The van der Waals surface area contributed by atoms with Gasteiger partial charge in [-0.3, -0.25) is 4.79 Å². The van der Waals surface area contributed by atoms with Crippen molar-refractivity contribution < 1.29 is 23.1 Å². The van der Waals surface area contributed by atoms with Crippen LogP contribution < -0.4 is 5.32 Å². The van der Waals surface area contributed by atoms with Gasteiger partial charge in [-0.25, -0.2) is 0 Å². The number of aliphatic hydroxyl groups excluding tert-OH is 1. The molecule has 0 aromatic heterocycles. The predicted octanol–water partition coefficient (Wildman–Crippen LogP) is 3.05. The minimum absolute atomic E-state index is 0.0378. The van der Waals surface area contributed by atoms with Crippen molar-refractivity contribution in [1.82, 2.24) is 5.32 Å². The van der Waals surface area contributed by atoms with Crippen molar-refractivity contribution in [1.29, 1.82) is 0 Å². The van der Waals surface area contributed by atoms with Crippen LogP contribution in [0.5, 0.6) is 0 Å². The van der Waals surface area contributed by atoms with E-state index < -0.39 is 17.7 Å². The Morgan fingerprint density at radius 1 is 1.14 bits per heavy atom. The summed E-state index contributed by atoms with van der Waals surface area (Å²) >= 11 is 0. The van der Waals surface area contributed by atoms with Gasteiger partial charge in [-0.1, -0.05) is 30.3 Å². The molecule has 0 radical (unpaired) electrons. The van der Waals surface area contributed by atoms with Gasteiger partial charge in [0.05, 0.1) is 11.7 Å². The number of allylic oxidation sites excluding steroid dienone is 1. The number of halogens is 3. The fourth-order valence-electron chi connectivity index (χ4n) is 2.54. The summed E-state index contributed by atoms with van der Waals surface area (Å²) in [6.07, 6.45) is -2.10. The second-order valence-corrected chi connectivity index (χ2v) is 5.44. The van der Waals surface area contributed by atoms with E-state index in [2.05, 4.69) is 5.32 Å². The first-order valence-corrected chi connectivity index (χ1v) is 7.19. The predicted molar refractivity (Wildman–Crippen MR) is 76.9 cm³/mol. The van der Waals surface area contributed by atoms with E-state index in [1.807, 2.05) is 0 Å². The molecule has 1 aliphatic rings. The molecule has 1 saturated carbocycles. The van der Waals surface area contributed by atoms with Crippen LogP contribution in [0, 0.1) is 0 Å². The highest BCUT2D eigenvalue weighted by Crippen LogP contribution is 2.33. The zero-order valence-corrected chi connectivity index (χ0v) is 11.9. The molecule has 1 aliphatic carbocycles. The lowest BCUT2D eigenvalue weighted by Crippen LogP contribution is -2.38. The number of hydrogen-bond acceptors (Lipinski definition) is 2. The molecule has 0 bridgehead atoms. The van der Waals surface area contributed by atoms with Gasteiger partial charge >= 0.3 is 6.18 Å². The Bertz CT molecular complexity index is 532. The molecular formula is C16H18F3NO2. The average Bonchev–Trinajstić information content (AvgIpc) is 2.47. The summed E-state index contributed by atoms with van der Waals surface area (Å²) in [6.45, 7) is 0. The normalized spacial score (nSPS) is 23.2. The first-order chi connectivity index (χ1) is 10.4. The molecule has 1 aromatic rings. The molecule has 3 nitrogen and oxygen atoms in total. The highest BCUT2D eigenvalue weighted by atomic mass is 19.4. The Kier molecular flexibility index (Phi) is 5.24. The van der Waals surface area contributed by atoms with Crippen LogP contribution in [-0.4, -0.2) is 29.3 Å². The third-order valence-corrected chi connectivity index (χ3v) is 3.71. The van der Waals surface area contributed by atoms with E-state index in [1.165, 1.54) is 24.3 Å². The van der Waals surface area contributed by atoms with Crippen molar-refractivity contribution in [3.8, 4) is 0 Å². The van der Waals surface area contributed by atoms with Crippen LogP contribution in [0.3, 0.4) is 0 Å². The molecule has 0 atom stereocenters. The van der Waals surface area contributed by atoms with E-state index in [0.717, 1.165) is 0 Å². The van der Waals surface area contributed by atoms with Gasteiger partial charge in [-0.2, -0.15) is 13.2 Å². The second kappa shape index (κ2) is 6.96. The van der Waals surface area contributed by atoms with Crippen LogP contribution >= 0.6 is 0 Å². The quantitative estimate of drug-likeness (QED) is 0.843. The summed E-state index contributed by atoms with van der Waals surface area (Å²) in [5, 5.41) is 12.0. The minimum Gasteiger partial charge on any atom is -0.393 e. The Balaban J connectivity index is 2.10. The average molecular weight is 313 g/mol. The second-order valence-electron chi connectivity index (χ2n) is 5.44. The molecular weight excluding hydrogens is 295 g/mol. The van der Waals surface area contributed by atoms with Gasteiger partial charge in [-0.15, -0.1) is 0 Å². The van der Waals surface area contributed by atoms with Crippen LogP contribution in [0.1, 0.15) is 31.2 Å². The van der Waals surface area contributed by atoms with Crippen molar-refractivity contribution >= 4 is 11.5 Å². The summed E-state index contributed by atoms with van der Waals surface area (Å²) in [5.74, 6) is -0.752. The number of carbonyl (C=O) groups excluding carboxylic acids is 1. The van der Waals surface area contributed by atoms with Crippen LogP contribution in [0.2, 0.25) is 0 Å². The lowest BCUT2D eigenvalue weighted by molar-refractivity contribution is -0.118. The molecule has 22 heavy (non-hydrogen) atoms. The molecule has 0 aliphatic heterocycles. The standard InChI is InChI=1S/C16H18F3NO2/c17-16(18,19)14(11-4-2-1-3-5-11)10-15(22)20-12-6-8-13(21)9-7-12/h1-5,10,12-13,21H,6-9H2,(H,20,22). The highest BCUT2D eigenvalue weighted by Gasteiger charge is 2.35. The topological polar surface area (TPSA) is 49.3 Å². The smallest absolute Gasteiger partial charge is 0.393 e. The number of rotatable bonds is 3. The van der Waals surface area contributed by atoms with Gasteiger partial charge in [0.1, 0.15) is 0 Å². The minimum atomic E-state index is -4.60. The Hall–Kier alpha value is -1.82. The number of nitrogens with one attached hydrogen (secondary N) is 1. The van der Waals surface area contributed by atoms with E-state index in [-0.39, 0.29) is 17.7 Å². The molecule has 1 aromatic carbocycles. The number of alkyl halides is 3. The molecule has 120 valence electrons. The van der Waals surface area contributed by atoms with Gasteiger partial charge in [0.15, 0.2) is 0 Å². The summed E-state index contributed by atoms with van der Waals surface area (Å²) in [7, 11) is 0. The van der Waals surface area contributed by atoms with Crippen molar-refractivity contribution in [2.24, 2.45) is 0 Å². The fraction of sp³-hybridized carbons (Fsp3) is 0.438. The number of hydrogen-bond donors (Lipinski definition) is 2. The maximum atomic E-state index is 13.1. The molecule has 6 heteroatoms. The summed E-state index contributed by atoms with van der Waals surface area (Å²) in [6, 6.07) is 7.07. The maximum Gasteiger partial charge on any atom is 0.417 e. The Labute approximate surface area is 126 Å². The van der Waals surface area contributed by atoms with Gasteiger partial charge in [0, 0.05) is 12.1 Å². The lowest BCUT2D eigenvalue weighted by Gasteiger charge is -2.25. The van der Waals surface area contributed by atoms with E-state index in [4.69, 9.17) is 0 Å². The van der Waals surface area contributed by atoms with Crippen LogP contribution in [0.25, 0.3) is 5.57 Å². The van der Waals surface area contributed by atoms with Gasteiger partial charge in [-0.05, 0) is 31.2 Å². The number of benzene rings is 1. The molecule has 2 N–H and O–H groups in total. The molecule has 0 unspecified atom stereocenters. The monoisotopic (exact) mass is 313 g/mol. The summed E-state index contributed by atoms with van der Waals surface area (Å²) in [5.41, 5.74) is -0.995. The fourth-order valence-corrected chi connectivity index (χ4v) is 2.54. The van der Waals surface area contributed by atoms with E-state index >= 15 is 0 Å².